The number of aliphatic hydroxyl groups is 3. The van der Waals surface area contributed by atoms with Gasteiger partial charge in [-0.15, -0.1) is 0 Å². The molecule has 1 rings (SSSR count). The molecule has 0 bridgehead atoms. The number of ether oxygens (including phenoxy) is 2. The Labute approximate surface area is 172 Å². The van der Waals surface area contributed by atoms with Crippen molar-refractivity contribution in [3.63, 3.8) is 0 Å². The monoisotopic (exact) mass is 400 g/mol. The maximum absolute atomic E-state index is 10.0. The third kappa shape index (κ3) is 11.5. The van der Waals surface area contributed by atoms with Crippen molar-refractivity contribution in [3.8, 4) is 0 Å². The molecule has 1 fully saturated rings. The summed E-state index contributed by atoms with van der Waals surface area (Å²) in [7, 11) is 0. The summed E-state index contributed by atoms with van der Waals surface area (Å²) >= 11 is 0. The van der Waals surface area contributed by atoms with Gasteiger partial charge in [0.25, 0.3) is 0 Å². The molecule has 0 aromatic rings. The summed E-state index contributed by atoms with van der Waals surface area (Å²) in [6.07, 6.45) is 18.1. The molecule has 5 heteroatoms. The highest BCUT2D eigenvalue weighted by molar-refractivity contribution is 4.88. The molecule has 1 aliphatic heterocycles. The molecular weight excluding hydrogens is 356 g/mol. The molecule has 4 atom stereocenters. The number of unbranched alkanes of at least 4 members (excludes halogenated alkanes) is 11. The van der Waals surface area contributed by atoms with Gasteiger partial charge in [0, 0.05) is 6.61 Å². The molecule has 0 saturated carbocycles. The van der Waals surface area contributed by atoms with Gasteiger partial charge in [-0.2, -0.15) is 0 Å². The molecule has 0 aromatic carbocycles. The number of hydrogen-bond acceptors (Lipinski definition) is 5. The minimum atomic E-state index is -1.05. The van der Waals surface area contributed by atoms with Gasteiger partial charge in [-0.05, 0) is 32.1 Å². The average molecular weight is 401 g/mol. The van der Waals surface area contributed by atoms with Crippen molar-refractivity contribution >= 4 is 0 Å². The molecule has 166 valence electrons. The predicted molar refractivity (Wildman–Crippen MR) is 113 cm³/mol. The molecule has 1 heterocycles. The van der Waals surface area contributed by atoms with E-state index in [1.165, 1.54) is 70.6 Å². The van der Waals surface area contributed by atoms with Crippen molar-refractivity contribution in [3.05, 3.63) is 12.2 Å². The second kappa shape index (κ2) is 17.4. The van der Waals surface area contributed by atoms with Gasteiger partial charge in [0.1, 0.15) is 24.4 Å². The highest BCUT2D eigenvalue weighted by atomic mass is 16.6. The first kappa shape index (κ1) is 25.6. The van der Waals surface area contributed by atoms with Crippen LogP contribution >= 0.6 is 0 Å². The van der Waals surface area contributed by atoms with Crippen molar-refractivity contribution < 1.29 is 24.8 Å². The van der Waals surface area contributed by atoms with Gasteiger partial charge in [-0.1, -0.05) is 70.4 Å². The van der Waals surface area contributed by atoms with Crippen molar-refractivity contribution in [2.45, 2.75) is 115 Å². The smallest absolute Gasteiger partial charge is 0.114 e. The fourth-order valence-electron chi connectivity index (χ4n) is 3.61. The lowest BCUT2D eigenvalue weighted by atomic mass is 10.1. The number of aliphatic hydroxyl groups excluding tert-OH is 3. The summed E-state index contributed by atoms with van der Waals surface area (Å²) in [6, 6.07) is 0. The van der Waals surface area contributed by atoms with Crippen LogP contribution in [0.5, 0.6) is 0 Å². The van der Waals surface area contributed by atoms with Gasteiger partial charge < -0.3 is 24.8 Å². The van der Waals surface area contributed by atoms with Crippen LogP contribution in [0.3, 0.4) is 0 Å². The van der Waals surface area contributed by atoms with E-state index >= 15 is 0 Å². The van der Waals surface area contributed by atoms with Crippen molar-refractivity contribution in [1.82, 2.24) is 0 Å². The van der Waals surface area contributed by atoms with Crippen LogP contribution in [0.4, 0.5) is 0 Å². The Bertz CT molecular complexity index is 374. The minimum absolute atomic E-state index is 0.273. The summed E-state index contributed by atoms with van der Waals surface area (Å²) in [5, 5.41) is 28.6. The number of hydrogen-bond donors (Lipinski definition) is 3. The predicted octanol–water partition coefficient (Wildman–Crippen LogP) is 4.13. The van der Waals surface area contributed by atoms with Gasteiger partial charge in [-0.3, -0.25) is 0 Å². The van der Waals surface area contributed by atoms with Crippen LogP contribution in [0, 0.1) is 0 Å². The van der Waals surface area contributed by atoms with Gasteiger partial charge in [0.15, 0.2) is 0 Å². The minimum Gasteiger partial charge on any atom is -0.394 e. The summed E-state index contributed by atoms with van der Waals surface area (Å²) < 4.78 is 11.0. The average Bonchev–Trinajstić information content (AvgIpc) is 3.07. The SMILES string of the molecule is CCCCCCC/C=C/CCCCCCCCO[C@H]1CO[C@@H]([C@H](O)CO)[C@H]1O. The zero-order valence-corrected chi connectivity index (χ0v) is 17.9. The Morgan fingerprint density at radius 1 is 0.929 bits per heavy atom. The lowest BCUT2D eigenvalue weighted by molar-refractivity contribution is -0.0730. The zero-order valence-electron chi connectivity index (χ0n) is 17.9. The molecule has 0 radical (unpaired) electrons. The van der Waals surface area contributed by atoms with Gasteiger partial charge in [0.2, 0.25) is 0 Å². The maximum Gasteiger partial charge on any atom is 0.114 e. The molecule has 5 nitrogen and oxygen atoms in total. The van der Waals surface area contributed by atoms with Crippen molar-refractivity contribution in [1.29, 1.82) is 0 Å². The Morgan fingerprint density at radius 3 is 2.11 bits per heavy atom. The van der Waals surface area contributed by atoms with Crippen LogP contribution in [0.15, 0.2) is 12.2 Å². The van der Waals surface area contributed by atoms with Crippen molar-refractivity contribution in [2.24, 2.45) is 0 Å². The fraction of sp³-hybridized carbons (Fsp3) is 0.913. The standard InChI is InChI=1S/C23H44O5/c1-2-3-4-5-6-7-8-9-10-11-12-13-14-15-16-17-27-21-19-28-23(22(21)26)20(25)18-24/h8-9,20-26H,2-7,10-19H2,1H3/b9-8+/t20-,21+,22+,23+/m1/s1. The van der Waals surface area contributed by atoms with Crippen LogP contribution in [-0.2, 0) is 9.47 Å². The molecule has 0 unspecified atom stereocenters. The molecule has 1 aliphatic rings. The normalized spacial score (nSPS) is 23.6. The van der Waals surface area contributed by atoms with Gasteiger partial charge >= 0.3 is 0 Å². The summed E-state index contributed by atoms with van der Waals surface area (Å²) in [5.74, 6) is 0. The largest absolute Gasteiger partial charge is 0.394 e. The molecule has 0 amide bonds. The van der Waals surface area contributed by atoms with Crippen LogP contribution < -0.4 is 0 Å². The quantitative estimate of drug-likeness (QED) is 0.238. The molecule has 1 saturated heterocycles. The van der Waals surface area contributed by atoms with E-state index < -0.39 is 31.0 Å². The highest BCUT2D eigenvalue weighted by Crippen LogP contribution is 2.20. The van der Waals surface area contributed by atoms with E-state index in [4.69, 9.17) is 14.6 Å². The second-order valence-corrected chi connectivity index (χ2v) is 8.03. The summed E-state index contributed by atoms with van der Waals surface area (Å²) in [6.45, 7) is 2.72. The van der Waals surface area contributed by atoms with Crippen LogP contribution in [-0.4, -0.2) is 59.6 Å². The van der Waals surface area contributed by atoms with Gasteiger partial charge in [-0.25, -0.2) is 0 Å². The lowest BCUT2D eigenvalue weighted by Crippen LogP contribution is -2.41. The molecule has 0 aromatic heterocycles. The maximum atomic E-state index is 10.0. The van der Waals surface area contributed by atoms with Crippen LogP contribution in [0.2, 0.25) is 0 Å². The summed E-state index contributed by atoms with van der Waals surface area (Å²) in [5.41, 5.74) is 0. The Balaban J connectivity index is 1.85. The number of rotatable bonds is 18. The first-order valence-electron chi connectivity index (χ1n) is 11.6. The molecular formula is C23H44O5. The Kier molecular flexibility index (Phi) is 15.9. The topological polar surface area (TPSA) is 79.2 Å². The van der Waals surface area contributed by atoms with E-state index in [2.05, 4.69) is 19.1 Å². The first-order valence-corrected chi connectivity index (χ1v) is 11.6. The van der Waals surface area contributed by atoms with Gasteiger partial charge in [0.05, 0.1) is 13.2 Å². The summed E-state index contributed by atoms with van der Waals surface area (Å²) in [4.78, 5) is 0. The Hall–Kier alpha value is -0.460. The first-order chi connectivity index (χ1) is 13.7. The lowest BCUT2D eigenvalue weighted by Gasteiger charge is -2.20. The Morgan fingerprint density at radius 2 is 1.50 bits per heavy atom. The highest BCUT2D eigenvalue weighted by Gasteiger charge is 2.40. The van der Waals surface area contributed by atoms with E-state index in [1.807, 2.05) is 0 Å². The number of allylic oxidation sites excluding steroid dienone is 2. The molecule has 0 aliphatic carbocycles. The molecule has 3 N–H and O–H groups in total. The van der Waals surface area contributed by atoms with E-state index in [0.29, 0.717) is 6.61 Å². The van der Waals surface area contributed by atoms with E-state index in [0.717, 1.165) is 12.8 Å². The second-order valence-electron chi connectivity index (χ2n) is 8.03. The molecule has 0 spiro atoms. The zero-order chi connectivity index (χ0) is 20.5. The fourth-order valence-corrected chi connectivity index (χ4v) is 3.61. The third-order valence-electron chi connectivity index (χ3n) is 5.47. The van der Waals surface area contributed by atoms with E-state index in [-0.39, 0.29) is 6.61 Å². The van der Waals surface area contributed by atoms with E-state index in [9.17, 15) is 10.2 Å². The molecule has 28 heavy (non-hydrogen) atoms. The van der Waals surface area contributed by atoms with Crippen LogP contribution in [0.1, 0.15) is 90.4 Å². The van der Waals surface area contributed by atoms with Crippen molar-refractivity contribution in [2.75, 3.05) is 19.8 Å². The third-order valence-corrected chi connectivity index (χ3v) is 5.47. The van der Waals surface area contributed by atoms with E-state index in [1.54, 1.807) is 0 Å². The van der Waals surface area contributed by atoms with Crippen LogP contribution in [0.25, 0.3) is 0 Å².